The average Bonchev–Trinajstić information content (AvgIpc) is 2.11. The van der Waals surface area contributed by atoms with Crippen molar-refractivity contribution in [1.82, 2.24) is 0 Å². The number of rotatable bonds is 3. The number of aryl methyl sites for hydroxylation is 1. The first kappa shape index (κ1) is 10.6. The molecule has 0 fully saturated rings. The van der Waals surface area contributed by atoms with Crippen LogP contribution >= 0.6 is 0 Å². The molecule has 0 saturated heterocycles. The van der Waals surface area contributed by atoms with E-state index in [1.54, 1.807) is 19.1 Å². The summed E-state index contributed by atoms with van der Waals surface area (Å²) in [6.07, 6.45) is 0.555. The lowest BCUT2D eigenvalue weighted by Crippen LogP contribution is -2.10. The highest BCUT2D eigenvalue weighted by atomic mass is 16.4. The second-order valence-corrected chi connectivity index (χ2v) is 3.34. The molecule has 1 atom stereocenters. The van der Waals surface area contributed by atoms with Gasteiger partial charge in [0.05, 0.1) is 5.92 Å². The Kier molecular flexibility index (Phi) is 3.12. The van der Waals surface area contributed by atoms with Crippen LogP contribution in [0.2, 0.25) is 0 Å². The lowest BCUT2D eigenvalue weighted by atomic mass is 9.95. The van der Waals surface area contributed by atoms with Crippen LogP contribution in [-0.4, -0.2) is 16.2 Å². The number of carbonyl (C=O) groups is 1. The number of carboxylic acids is 1. The minimum atomic E-state index is -0.822. The van der Waals surface area contributed by atoms with Crippen LogP contribution in [0.15, 0.2) is 18.2 Å². The Balaban J connectivity index is 3.06. The number of phenols is 1. The maximum absolute atomic E-state index is 10.9. The summed E-state index contributed by atoms with van der Waals surface area (Å²) in [7, 11) is 0. The third-order valence-electron chi connectivity index (χ3n) is 2.33. The SMILES string of the molecule is CCC(C(=O)O)c1ccc(O)c(C)c1. The Morgan fingerprint density at radius 1 is 1.50 bits per heavy atom. The Hall–Kier alpha value is -1.51. The van der Waals surface area contributed by atoms with Gasteiger partial charge in [-0.25, -0.2) is 0 Å². The summed E-state index contributed by atoms with van der Waals surface area (Å²) < 4.78 is 0. The summed E-state index contributed by atoms with van der Waals surface area (Å²) in [6, 6.07) is 4.92. The Morgan fingerprint density at radius 3 is 2.57 bits per heavy atom. The molecule has 0 radical (unpaired) electrons. The molecule has 0 bridgehead atoms. The fourth-order valence-corrected chi connectivity index (χ4v) is 1.45. The van der Waals surface area contributed by atoms with Crippen LogP contribution in [0.5, 0.6) is 5.75 Å². The van der Waals surface area contributed by atoms with Crippen molar-refractivity contribution < 1.29 is 15.0 Å². The van der Waals surface area contributed by atoms with Gasteiger partial charge >= 0.3 is 5.97 Å². The van der Waals surface area contributed by atoms with Gasteiger partial charge in [0, 0.05) is 0 Å². The topological polar surface area (TPSA) is 57.5 Å². The molecule has 14 heavy (non-hydrogen) atoms. The lowest BCUT2D eigenvalue weighted by Gasteiger charge is -2.11. The molecule has 0 aliphatic heterocycles. The van der Waals surface area contributed by atoms with E-state index in [2.05, 4.69) is 0 Å². The first-order valence-electron chi connectivity index (χ1n) is 4.58. The van der Waals surface area contributed by atoms with Crippen LogP contribution in [0, 0.1) is 6.92 Å². The zero-order valence-electron chi connectivity index (χ0n) is 8.32. The van der Waals surface area contributed by atoms with Gasteiger partial charge in [0.2, 0.25) is 0 Å². The predicted octanol–water partition coefficient (Wildman–Crippen LogP) is 2.28. The highest BCUT2D eigenvalue weighted by molar-refractivity contribution is 5.76. The van der Waals surface area contributed by atoms with E-state index in [9.17, 15) is 9.90 Å². The van der Waals surface area contributed by atoms with Crippen molar-refractivity contribution in [1.29, 1.82) is 0 Å². The number of carboxylic acid groups (broad SMARTS) is 1. The first-order chi connectivity index (χ1) is 6.56. The van der Waals surface area contributed by atoms with Crippen molar-refractivity contribution in [2.75, 3.05) is 0 Å². The van der Waals surface area contributed by atoms with Gasteiger partial charge < -0.3 is 10.2 Å². The minimum Gasteiger partial charge on any atom is -0.508 e. The molecular weight excluding hydrogens is 180 g/mol. The second kappa shape index (κ2) is 4.13. The zero-order chi connectivity index (χ0) is 10.7. The standard InChI is InChI=1S/C11H14O3/c1-3-9(11(13)14)8-4-5-10(12)7(2)6-8/h4-6,9,12H,3H2,1-2H3,(H,13,14). The Morgan fingerprint density at radius 2 is 2.14 bits per heavy atom. The molecule has 0 saturated carbocycles. The maximum atomic E-state index is 10.9. The lowest BCUT2D eigenvalue weighted by molar-refractivity contribution is -0.138. The molecule has 0 aliphatic rings. The number of phenolic OH excluding ortho intramolecular Hbond substituents is 1. The first-order valence-corrected chi connectivity index (χ1v) is 4.58. The molecule has 3 heteroatoms. The molecule has 3 nitrogen and oxygen atoms in total. The van der Waals surface area contributed by atoms with E-state index < -0.39 is 11.9 Å². The van der Waals surface area contributed by atoms with Crippen molar-refractivity contribution in [2.24, 2.45) is 0 Å². The smallest absolute Gasteiger partial charge is 0.310 e. The molecule has 76 valence electrons. The van der Waals surface area contributed by atoms with Crippen molar-refractivity contribution in [3.8, 4) is 5.75 Å². The van der Waals surface area contributed by atoms with Gasteiger partial charge in [-0.1, -0.05) is 19.1 Å². The van der Waals surface area contributed by atoms with Gasteiger partial charge in [0.25, 0.3) is 0 Å². The highest BCUT2D eigenvalue weighted by Crippen LogP contribution is 2.24. The minimum absolute atomic E-state index is 0.203. The third-order valence-corrected chi connectivity index (χ3v) is 2.33. The molecule has 0 spiro atoms. The fourth-order valence-electron chi connectivity index (χ4n) is 1.45. The van der Waals surface area contributed by atoms with Crippen LogP contribution in [0.25, 0.3) is 0 Å². The highest BCUT2D eigenvalue weighted by Gasteiger charge is 2.17. The Bertz CT molecular complexity index is 344. The van der Waals surface area contributed by atoms with E-state index in [1.165, 1.54) is 6.07 Å². The van der Waals surface area contributed by atoms with E-state index in [0.29, 0.717) is 12.0 Å². The summed E-state index contributed by atoms with van der Waals surface area (Å²) >= 11 is 0. The monoisotopic (exact) mass is 194 g/mol. The van der Waals surface area contributed by atoms with Gasteiger partial charge in [-0.3, -0.25) is 4.79 Å². The number of aromatic hydroxyl groups is 1. The van der Waals surface area contributed by atoms with Gasteiger partial charge in [-0.05, 0) is 30.5 Å². The maximum Gasteiger partial charge on any atom is 0.310 e. The molecule has 0 aromatic heterocycles. The number of aliphatic carboxylic acids is 1. The van der Waals surface area contributed by atoms with Gasteiger partial charge in [-0.2, -0.15) is 0 Å². The molecular formula is C11H14O3. The van der Waals surface area contributed by atoms with Crippen LogP contribution in [0.3, 0.4) is 0 Å². The van der Waals surface area contributed by atoms with Crippen molar-refractivity contribution in [3.05, 3.63) is 29.3 Å². The Labute approximate surface area is 83.0 Å². The molecule has 0 heterocycles. The molecule has 1 unspecified atom stereocenters. The van der Waals surface area contributed by atoms with Crippen LogP contribution in [-0.2, 0) is 4.79 Å². The number of benzene rings is 1. The summed E-state index contributed by atoms with van der Waals surface area (Å²) in [5.41, 5.74) is 1.46. The summed E-state index contributed by atoms with van der Waals surface area (Å²) in [6.45, 7) is 3.59. The zero-order valence-corrected chi connectivity index (χ0v) is 8.32. The third kappa shape index (κ3) is 2.05. The van der Waals surface area contributed by atoms with E-state index in [-0.39, 0.29) is 5.75 Å². The predicted molar refractivity (Wildman–Crippen MR) is 53.5 cm³/mol. The normalized spacial score (nSPS) is 12.4. The van der Waals surface area contributed by atoms with Crippen LogP contribution in [0.4, 0.5) is 0 Å². The summed E-state index contributed by atoms with van der Waals surface area (Å²) in [5, 5.41) is 18.2. The average molecular weight is 194 g/mol. The summed E-state index contributed by atoms with van der Waals surface area (Å²) in [5.74, 6) is -1.10. The van der Waals surface area contributed by atoms with E-state index in [4.69, 9.17) is 5.11 Å². The second-order valence-electron chi connectivity index (χ2n) is 3.34. The van der Waals surface area contributed by atoms with E-state index >= 15 is 0 Å². The van der Waals surface area contributed by atoms with Crippen LogP contribution in [0.1, 0.15) is 30.4 Å². The molecule has 0 aliphatic carbocycles. The van der Waals surface area contributed by atoms with Gasteiger partial charge in [0.1, 0.15) is 5.75 Å². The number of hydrogen-bond acceptors (Lipinski definition) is 2. The van der Waals surface area contributed by atoms with Gasteiger partial charge in [0.15, 0.2) is 0 Å². The number of hydrogen-bond donors (Lipinski definition) is 2. The largest absolute Gasteiger partial charge is 0.508 e. The van der Waals surface area contributed by atoms with Crippen molar-refractivity contribution in [2.45, 2.75) is 26.2 Å². The van der Waals surface area contributed by atoms with E-state index in [0.717, 1.165) is 5.56 Å². The quantitative estimate of drug-likeness (QED) is 0.776. The molecule has 1 rings (SSSR count). The molecule has 2 N–H and O–H groups in total. The molecule has 1 aromatic rings. The molecule has 0 amide bonds. The van der Waals surface area contributed by atoms with Crippen molar-refractivity contribution >= 4 is 5.97 Å². The van der Waals surface area contributed by atoms with Crippen molar-refractivity contribution in [3.63, 3.8) is 0 Å². The van der Waals surface area contributed by atoms with Gasteiger partial charge in [-0.15, -0.1) is 0 Å². The fraction of sp³-hybridized carbons (Fsp3) is 0.364. The summed E-state index contributed by atoms with van der Waals surface area (Å²) in [4.78, 5) is 10.9. The van der Waals surface area contributed by atoms with Crippen LogP contribution < -0.4 is 0 Å². The molecule has 1 aromatic carbocycles. The van der Waals surface area contributed by atoms with E-state index in [1.807, 2.05) is 6.92 Å².